The van der Waals surface area contributed by atoms with Gasteiger partial charge in [0.25, 0.3) is 11.8 Å². The van der Waals surface area contributed by atoms with Gasteiger partial charge in [0.15, 0.2) is 0 Å². The molecule has 9 heteroatoms. The highest BCUT2D eigenvalue weighted by atomic mass is 19.1. The number of hydrogen-bond donors (Lipinski definition) is 0. The Morgan fingerprint density at radius 1 is 0.917 bits per heavy atom. The molecule has 2 aromatic carbocycles. The summed E-state index contributed by atoms with van der Waals surface area (Å²) in [5.41, 5.74) is 0.671. The molecule has 0 aliphatic carbocycles. The zero-order chi connectivity index (χ0) is 25.3. The molecule has 3 aliphatic heterocycles. The average molecular weight is 496 g/mol. The van der Waals surface area contributed by atoms with Crippen LogP contribution in [0.25, 0.3) is 0 Å². The number of piperidine rings is 1. The lowest BCUT2D eigenvalue weighted by molar-refractivity contribution is -0.141. The smallest absolute Gasteiger partial charge is 0.256 e. The van der Waals surface area contributed by atoms with E-state index in [1.807, 2.05) is 31.2 Å². The van der Waals surface area contributed by atoms with Gasteiger partial charge in [-0.1, -0.05) is 24.3 Å². The van der Waals surface area contributed by atoms with E-state index in [0.717, 1.165) is 5.56 Å². The van der Waals surface area contributed by atoms with E-state index in [4.69, 9.17) is 9.47 Å². The first kappa shape index (κ1) is 24.4. The molecule has 5 rings (SSSR count). The third kappa shape index (κ3) is 4.49. The van der Waals surface area contributed by atoms with Crippen molar-refractivity contribution in [1.29, 1.82) is 0 Å². The normalized spacial score (nSPS) is 21.6. The summed E-state index contributed by atoms with van der Waals surface area (Å²) in [6.45, 7) is 4.49. The molecule has 2 aromatic rings. The van der Waals surface area contributed by atoms with Crippen molar-refractivity contribution in [3.05, 3.63) is 71.0 Å². The highest BCUT2D eigenvalue weighted by Crippen LogP contribution is 2.39. The number of nitrogens with zero attached hydrogens (tertiary/aromatic N) is 3. The van der Waals surface area contributed by atoms with Crippen molar-refractivity contribution < 1.29 is 28.2 Å². The number of halogens is 1. The molecule has 0 radical (unpaired) electrons. The Hall–Kier alpha value is -3.30. The van der Waals surface area contributed by atoms with E-state index in [2.05, 4.69) is 0 Å². The molecule has 0 saturated carbocycles. The van der Waals surface area contributed by atoms with E-state index in [1.165, 1.54) is 23.1 Å². The van der Waals surface area contributed by atoms with Crippen molar-refractivity contribution >= 4 is 17.7 Å². The second-order valence-electron chi connectivity index (χ2n) is 9.50. The van der Waals surface area contributed by atoms with E-state index in [-0.39, 0.29) is 24.0 Å². The van der Waals surface area contributed by atoms with Gasteiger partial charge in [-0.15, -0.1) is 0 Å². The lowest BCUT2D eigenvalue weighted by atomic mass is 9.95. The van der Waals surface area contributed by atoms with E-state index in [9.17, 15) is 18.8 Å². The van der Waals surface area contributed by atoms with Crippen LogP contribution < -0.4 is 0 Å². The van der Waals surface area contributed by atoms with Crippen molar-refractivity contribution in [1.82, 2.24) is 14.7 Å². The predicted molar refractivity (Wildman–Crippen MR) is 129 cm³/mol. The Kier molecular flexibility index (Phi) is 6.77. The molecule has 1 spiro atoms. The topological polar surface area (TPSA) is 79.4 Å². The standard InChI is InChI=1S/C27H30FN3O5/c1-19-5-2-3-8-22(19)25(33)29-11-9-27(10-12-29)31(24(32)20-6-4-7-21(28)17-20)23(18-36-27)26(34)30-13-15-35-16-14-30/h2-8,17,23H,9-16,18H2,1H3. The predicted octanol–water partition coefficient (Wildman–Crippen LogP) is 2.47. The molecular formula is C27H30FN3O5. The van der Waals surface area contributed by atoms with Gasteiger partial charge in [0.1, 0.15) is 17.6 Å². The van der Waals surface area contributed by atoms with Crippen LogP contribution in [0.15, 0.2) is 48.5 Å². The Bertz CT molecular complexity index is 1160. The van der Waals surface area contributed by atoms with Crippen LogP contribution in [0.5, 0.6) is 0 Å². The van der Waals surface area contributed by atoms with E-state index in [1.54, 1.807) is 15.9 Å². The van der Waals surface area contributed by atoms with Gasteiger partial charge < -0.3 is 19.3 Å². The van der Waals surface area contributed by atoms with Crippen LogP contribution in [0.3, 0.4) is 0 Å². The second kappa shape index (κ2) is 9.99. The maximum Gasteiger partial charge on any atom is 0.256 e. The number of aryl methyl sites for hydroxylation is 1. The van der Waals surface area contributed by atoms with Crippen molar-refractivity contribution in [3.8, 4) is 0 Å². The molecule has 1 unspecified atom stereocenters. The first-order chi connectivity index (χ1) is 17.4. The minimum absolute atomic E-state index is 0.0585. The number of hydrogen-bond acceptors (Lipinski definition) is 5. The fourth-order valence-corrected chi connectivity index (χ4v) is 5.35. The van der Waals surface area contributed by atoms with Gasteiger partial charge in [0.2, 0.25) is 5.91 Å². The van der Waals surface area contributed by atoms with E-state index >= 15 is 0 Å². The summed E-state index contributed by atoms with van der Waals surface area (Å²) < 4.78 is 25.6. The molecule has 3 saturated heterocycles. The van der Waals surface area contributed by atoms with E-state index in [0.29, 0.717) is 57.8 Å². The van der Waals surface area contributed by atoms with Gasteiger partial charge >= 0.3 is 0 Å². The van der Waals surface area contributed by atoms with Crippen LogP contribution in [0.1, 0.15) is 39.1 Å². The molecule has 3 heterocycles. The fourth-order valence-electron chi connectivity index (χ4n) is 5.35. The van der Waals surface area contributed by atoms with Crippen LogP contribution >= 0.6 is 0 Å². The summed E-state index contributed by atoms with van der Waals surface area (Å²) in [6, 6.07) is 12.1. The van der Waals surface area contributed by atoms with Crippen LogP contribution in [0.4, 0.5) is 4.39 Å². The van der Waals surface area contributed by atoms with Gasteiger partial charge in [-0.25, -0.2) is 4.39 Å². The van der Waals surface area contributed by atoms with Crippen LogP contribution in [0, 0.1) is 12.7 Å². The maximum absolute atomic E-state index is 14.0. The van der Waals surface area contributed by atoms with Gasteiger partial charge in [0, 0.05) is 50.1 Å². The molecule has 1 atom stereocenters. The molecule has 0 bridgehead atoms. The number of carbonyl (C=O) groups is 3. The Balaban J connectivity index is 1.40. The third-order valence-electron chi connectivity index (χ3n) is 7.37. The maximum atomic E-state index is 14.0. The molecule has 36 heavy (non-hydrogen) atoms. The molecule has 3 fully saturated rings. The molecule has 0 N–H and O–H groups in total. The molecule has 3 aliphatic rings. The summed E-state index contributed by atoms with van der Waals surface area (Å²) in [6.07, 6.45) is 0.719. The molecule has 0 aromatic heterocycles. The van der Waals surface area contributed by atoms with Crippen LogP contribution in [-0.2, 0) is 14.3 Å². The first-order valence-corrected chi connectivity index (χ1v) is 12.3. The first-order valence-electron chi connectivity index (χ1n) is 12.3. The molecule has 3 amide bonds. The van der Waals surface area contributed by atoms with Gasteiger partial charge in [-0.3, -0.25) is 19.3 Å². The second-order valence-corrected chi connectivity index (χ2v) is 9.50. The number of rotatable bonds is 3. The average Bonchev–Trinajstić information content (AvgIpc) is 3.27. The lowest BCUT2D eigenvalue weighted by Crippen LogP contribution is -2.60. The number of ether oxygens (including phenoxy) is 2. The summed E-state index contributed by atoms with van der Waals surface area (Å²) in [4.78, 5) is 45.4. The SMILES string of the molecule is Cc1ccccc1C(=O)N1CCC2(CC1)OCC(C(=O)N1CCOCC1)N2C(=O)c1cccc(F)c1. The lowest BCUT2D eigenvalue weighted by Gasteiger charge is -2.45. The fraction of sp³-hybridized carbons (Fsp3) is 0.444. The van der Waals surface area contributed by atoms with Crippen LogP contribution in [-0.4, -0.2) is 90.2 Å². The largest absolute Gasteiger partial charge is 0.378 e. The summed E-state index contributed by atoms with van der Waals surface area (Å²) in [5.74, 6) is -1.23. The van der Waals surface area contributed by atoms with Gasteiger partial charge in [0.05, 0.1) is 19.8 Å². The number of benzene rings is 2. The zero-order valence-corrected chi connectivity index (χ0v) is 20.3. The summed E-state index contributed by atoms with van der Waals surface area (Å²) in [5, 5.41) is 0. The van der Waals surface area contributed by atoms with Crippen LogP contribution in [0.2, 0.25) is 0 Å². The van der Waals surface area contributed by atoms with Gasteiger partial charge in [-0.2, -0.15) is 0 Å². The summed E-state index contributed by atoms with van der Waals surface area (Å²) >= 11 is 0. The highest BCUT2D eigenvalue weighted by molar-refractivity contribution is 5.99. The number of likely N-dealkylation sites (tertiary alicyclic amines) is 1. The highest BCUT2D eigenvalue weighted by Gasteiger charge is 2.55. The Morgan fingerprint density at radius 3 is 2.33 bits per heavy atom. The molecule has 190 valence electrons. The van der Waals surface area contributed by atoms with Gasteiger partial charge in [-0.05, 0) is 36.8 Å². The number of amides is 3. The number of morpholine rings is 1. The Labute approximate surface area is 209 Å². The monoisotopic (exact) mass is 495 g/mol. The molecule has 8 nitrogen and oxygen atoms in total. The van der Waals surface area contributed by atoms with E-state index < -0.39 is 23.5 Å². The quantitative estimate of drug-likeness (QED) is 0.654. The number of carbonyl (C=O) groups excluding carboxylic acids is 3. The zero-order valence-electron chi connectivity index (χ0n) is 20.3. The minimum atomic E-state index is -1.04. The van der Waals surface area contributed by atoms with Crippen molar-refractivity contribution in [2.75, 3.05) is 46.0 Å². The van der Waals surface area contributed by atoms with Crippen molar-refractivity contribution in [2.24, 2.45) is 0 Å². The van der Waals surface area contributed by atoms with Crippen molar-refractivity contribution in [2.45, 2.75) is 31.5 Å². The third-order valence-corrected chi connectivity index (χ3v) is 7.37. The van der Waals surface area contributed by atoms with Crippen molar-refractivity contribution in [3.63, 3.8) is 0 Å². The Morgan fingerprint density at radius 2 is 1.64 bits per heavy atom. The molecular weight excluding hydrogens is 465 g/mol. The minimum Gasteiger partial charge on any atom is -0.378 e. The summed E-state index contributed by atoms with van der Waals surface area (Å²) in [7, 11) is 0.